The van der Waals surface area contributed by atoms with Crippen molar-refractivity contribution in [3.63, 3.8) is 0 Å². The molecule has 0 aliphatic heterocycles. The third-order valence-corrected chi connectivity index (χ3v) is 3.82. The first-order chi connectivity index (χ1) is 9.06. The monoisotopic (exact) mass is 262 g/mol. The molecule has 1 aliphatic rings. The molecule has 1 aromatic rings. The molecule has 1 aliphatic carbocycles. The van der Waals surface area contributed by atoms with Gasteiger partial charge in [-0.1, -0.05) is 26.0 Å². The lowest BCUT2D eigenvalue weighted by Crippen LogP contribution is -2.29. The number of carboxylic acids is 1. The van der Waals surface area contributed by atoms with E-state index in [4.69, 9.17) is 9.84 Å². The van der Waals surface area contributed by atoms with Crippen molar-refractivity contribution in [3.05, 3.63) is 29.8 Å². The summed E-state index contributed by atoms with van der Waals surface area (Å²) in [6.45, 7) is 4.32. The first-order valence-corrected chi connectivity index (χ1v) is 7.05. The standard InChI is InChI=1S/C16H22O3/c1-11(2)12-6-8-14(9-7-12)19-15-5-3-4-13(10-15)16(17)18/h6-9,11,13,15H,3-5,10H2,1-2H3,(H,17,18)/t13-,15+/m0/s1. The van der Waals surface area contributed by atoms with Crippen molar-refractivity contribution in [2.75, 3.05) is 0 Å². The van der Waals surface area contributed by atoms with E-state index in [9.17, 15) is 4.79 Å². The Balaban J connectivity index is 1.95. The van der Waals surface area contributed by atoms with Crippen LogP contribution in [0.5, 0.6) is 5.75 Å². The zero-order valence-corrected chi connectivity index (χ0v) is 11.6. The zero-order chi connectivity index (χ0) is 13.8. The average Bonchev–Trinajstić information content (AvgIpc) is 2.39. The first-order valence-electron chi connectivity index (χ1n) is 7.05. The highest BCUT2D eigenvalue weighted by molar-refractivity contribution is 5.70. The molecule has 1 fully saturated rings. The summed E-state index contributed by atoms with van der Waals surface area (Å²) in [5, 5.41) is 9.06. The molecule has 0 amide bonds. The fraction of sp³-hybridized carbons (Fsp3) is 0.562. The van der Waals surface area contributed by atoms with Gasteiger partial charge in [-0.25, -0.2) is 0 Å². The van der Waals surface area contributed by atoms with Crippen molar-refractivity contribution >= 4 is 5.97 Å². The van der Waals surface area contributed by atoms with Gasteiger partial charge >= 0.3 is 5.97 Å². The maximum absolute atomic E-state index is 11.0. The summed E-state index contributed by atoms with van der Waals surface area (Å²) in [4.78, 5) is 11.0. The van der Waals surface area contributed by atoms with E-state index in [0.717, 1.165) is 25.0 Å². The quantitative estimate of drug-likeness (QED) is 0.897. The molecule has 3 nitrogen and oxygen atoms in total. The Bertz CT molecular complexity index is 422. The molecule has 2 rings (SSSR count). The highest BCUT2D eigenvalue weighted by atomic mass is 16.5. The summed E-state index contributed by atoms with van der Waals surface area (Å²) in [7, 11) is 0. The van der Waals surface area contributed by atoms with E-state index < -0.39 is 5.97 Å². The van der Waals surface area contributed by atoms with Crippen molar-refractivity contribution in [1.82, 2.24) is 0 Å². The smallest absolute Gasteiger partial charge is 0.306 e. The van der Waals surface area contributed by atoms with Gasteiger partial charge in [0.1, 0.15) is 5.75 Å². The molecule has 1 aromatic carbocycles. The van der Waals surface area contributed by atoms with Crippen LogP contribution in [0.15, 0.2) is 24.3 Å². The Kier molecular flexibility index (Phi) is 4.46. The van der Waals surface area contributed by atoms with Gasteiger partial charge in [-0.05, 0) is 49.3 Å². The summed E-state index contributed by atoms with van der Waals surface area (Å²) < 4.78 is 5.91. The number of carbonyl (C=O) groups is 1. The van der Waals surface area contributed by atoms with Crippen LogP contribution in [-0.2, 0) is 4.79 Å². The highest BCUT2D eigenvalue weighted by Crippen LogP contribution is 2.28. The Labute approximate surface area is 114 Å². The van der Waals surface area contributed by atoms with Crippen LogP contribution in [0.3, 0.4) is 0 Å². The molecule has 0 heterocycles. The molecular weight excluding hydrogens is 240 g/mol. The van der Waals surface area contributed by atoms with Gasteiger partial charge in [-0.2, -0.15) is 0 Å². The number of ether oxygens (including phenoxy) is 1. The number of aliphatic carboxylic acids is 1. The largest absolute Gasteiger partial charge is 0.490 e. The molecule has 0 saturated heterocycles. The lowest BCUT2D eigenvalue weighted by Gasteiger charge is -2.27. The minimum atomic E-state index is -0.691. The van der Waals surface area contributed by atoms with Crippen LogP contribution < -0.4 is 4.74 Å². The van der Waals surface area contributed by atoms with Crippen molar-refractivity contribution in [2.45, 2.75) is 51.6 Å². The molecule has 0 radical (unpaired) electrons. The lowest BCUT2D eigenvalue weighted by atomic mass is 9.87. The van der Waals surface area contributed by atoms with E-state index >= 15 is 0 Å². The van der Waals surface area contributed by atoms with Crippen LogP contribution in [0.25, 0.3) is 0 Å². The molecule has 0 spiro atoms. The Morgan fingerprint density at radius 2 is 1.95 bits per heavy atom. The SMILES string of the molecule is CC(C)c1ccc(O[C@@H]2CCC[C@H](C(=O)O)C2)cc1. The summed E-state index contributed by atoms with van der Waals surface area (Å²) in [5.74, 6) is 0.428. The molecule has 0 aromatic heterocycles. The number of hydrogen-bond acceptors (Lipinski definition) is 2. The van der Waals surface area contributed by atoms with Gasteiger partial charge in [-0.3, -0.25) is 4.79 Å². The molecule has 2 atom stereocenters. The predicted molar refractivity (Wildman–Crippen MR) is 74.5 cm³/mol. The lowest BCUT2D eigenvalue weighted by molar-refractivity contribution is -0.143. The second-order valence-electron chi connectivity index (χ2n) is 5.67. The normalized spacial score (nSPS) is 23.3. The van der Waals surface area contributed by atoms with Crippen molar-refractivity contribution < 1.29 is 14.6 Å². The zero-order valence-electron chi connectivity index (χ0n) is 11.6. The van der Waals surface area contributed by atoms with Crippen LogP contribution in [0.1, 0.15) is 51.0 Å². The Morgan fingerprint density at radius 1 is 1.26 bits per heavy atom. The van der Waals surface area contributed by atoms with Crippen LogP contribution >= 0.6 is 0 Å². The van der Waals surface area contributed by atoms with Gasteiger partial charge in [0.05, 0.1) is 12.0 Å². The second kappa shape index (κ2) is 6.09. The third kappa shape index (κ3) is 3.72. The molecule has 1 N–H and O–H groups in total. The molecule has 1 saturated carbocycles. The number of benzene rings is 1. The molecule has 104 valence electrons. The van der Waals surface area contributed by atoms with Gasteiger partial charge in [0.25, 0.3) is 0 Å². The fourth-order valence-electron chi connectivity index (χ4n) is 2.60. The summed E-state index contributed by atoms with van der Waals surface area (Å²) >= 11 is 0. The minimum absolute atomic E-state index is 0.0414. The summed E-state index contributed by atoms with van der Waals surface area (Å²) in [5.41, 5.74) is 1.29. The van der Waals surface area contributed by atoms with Crippen LogP contribution in [0.4, 0.5) is 0 Å². The van der Waals surface area contributed by atoms with E-state index in [1.54, 1.807) is 0 Å². The van der Waals surface area contributed by atoms with Crippen LogP contribution in [0, 0.1) is 5.92 Å². The van der Waals surface area contributed by atoms with Crippen LogP contribution in [-0.4, -0.2) is 17.2 Å². The summed E-state index contributed by atoms with van der Waals surface area (Å²) in [6.07, 6.45) is 3.34. The maximum atomic E-state index is 11.0. The number of rotatable bonds is 4. The summed E-state index contributed by atoms with van der Waals surface area (Å²) in [6, 6.07) is 8.13. The fourth-order valence-corrected chi connectivity index (χ4v) is 2.60. The molecule has 0 unspecified atom stereocenters. The molecule has 3 heteroatoms. The molecule has 0 bridgehead atoms. The van der Waals surface area contributed by atoms with E-state index in [1.165, 1.54) is 5.56 Å². The topological polar surface area (TPSA) is 46.5 Å². The molecular formula is C16H22O3. The maximum Gasteiger partial charge on any atom is 0.306 e. The van der Waals surface area contributed by atoms with Crippen molar-refractivity contribution in [3.8, 4) is 5.75 Å². The Morgan fingerprint density at radius 3 is 2.53 bits per heavy atom. The van der Waals surface area contributed by atoms with E-state index in [1.807, 2.05) is 12.1 Å². The third-order valence-electron chi connectivity index (χ3n) is 3.82. The number of hydrogen-bond donors (Lipinski definition) is 1. The van der Waals surface area contributed by atoms with Gasteiger partial charge in [-0.15, -0.1) is 0 Å². The van der Waals surface area contributed by atoms with Crippen molar-refractivity contribution in [2.24, 2.45) is 5.92 Å². The van der Waals surface area contributed by atoms with Gasteiger partial charge in [0.2, 0.25) is 0 Å². The van der Waals surface area contributed by atoms with Crippen molar-refractivity contribution in [1.29, 1.82) is 0 Å². The highest BCUT2D eigenvalue weighted by Gasteiger charge is 2.28. The molecule has 19 heavy (non-hydrogen) atoms. The second-order valence-corrected chi connectivity index (χ2v) is 5.67. The van der Waals surface area contributed by atoms with Gasteiger partial charge in [0.15, 0.2) is 0 Å². The minimum Gasteiger partial charge on any atom is -0.490 e. The average molecular weight is 262 g/mol. The van der Waals surface area contributed by atoms with Gasteiger partial charge < -0.3 is 9.84 Å². The predicted octanol–water partition coefficient (Wildman–Crippen LogP) is 3.83. The van der Waals surface area contributed by atoms with E-state index in [2.05, 4.69) is 26.0 Å². The van der Waals surface area contributed by atoms with Crippen LogP contribution in [0.2, 0.25) is 0 Å². The van der Waals surface area contributed by atoms with E-state index in [-0.39, 0.29) is 12.0 Å². The number of carboxylic acid groups (broad SMARTS) is 1. The first kappa shape index (κ1) is 13.9. The van der Waals surface area contributed by atoms with E-state index in [0.29, 0.717) is 12.3 Å². The Hall–Kier alpha value is -1.51. The van der Waals surface area contributed by atoms with Gasteiger partial charge in [0, 0.05) is 0 Å².